The van der Waals surface area contributed by atoms with Gasteiger partial charge in [0.15, 0.2) is 0 Å². The number of pyridine rings is 1. The average molecular weight is 468 g/mol. The standard InChI is InChI=1S/C22H34N4.C5H11N.C2H4/c1-23-21-16-24-26-13-10-20(15-22(21)26)14-18-8-5-11-25(12-9-18)17-19-6-3-2-4-7-19;1-3-4-5-6-2;1-2/h10,13,15-16,18-19,23H,2-9,11-12,14,17H2,1H3;3,6H,1,4-5H2,2H3;1-2H2. The summed E-state index contributed by atoms with van der Waals surface area (Å²) >= 11 is 0. The Labute approximate surface area is 208 Å². The molecule has 2 fully saturated rings. The van der Waals surface area contributed by atoms with Gasteiger partial charge in [-0.3, -0.25) is 0 Å². The molecule has 0 spiro atoms. The molecule has 1 saturated carbocycles. The van der Waals surface area contributed by atoms with E-state index in [4.69, 9.17) is 0 Å². The van der Waals surface area contributed by atoms with Crippen LogP contribution in [0, 0.1) is 11.8 Å². The van der Waals surface area contributed by atoms with Crippen LogP contribution in [0.2, 0.25) is 0 Å². The second-order valence-corrected chi connectivity index (χ2v) is 9.66. The molecule has 0 aromatic carbocycles. The number of nitrogens with one attached hydrogen (secondary N) is 2. The zero-order chi connectivity index (χ0) is 24.6. The van der Waals surface area contributed by atoms with Crippen LogP contribution in [-0.2, 0) is 6.42 Å². The second-order valence-electron chi connectivity index (χ2n) is 9.66. The Bertz CT molecular complexity index is 808. The lowest BCUT2D eigenvalue weighted by atomic mass is 9.89. The van der Waals surface area contributed by atoms with Crippen molar-refractivity contribution in [1.29, 1.82) is 0 Å². The van der Waals surface area contributed by atoms with Gasteiger partial charge in [0.2, 0.25) is 0 Å². The largest absolute Gasteiger partial charge is 0.385 e. The zero-order valence-corrected chi connectivity index (χ0v) is 21.9. The molecule has 2 aromatic heterocycles. The van der Waals surface area contributed by atoms with E-state index in [0.29, 0.717) is 0 Å². The molecule has 0 bridgehead atoms. The van der Waals surface area contributed by atoms with Crippen molar-refractivity contribution >= 4 is 11.2 Å². The van der Waals surface area contributed by atoms with Crippen LogP contribution in [0.15, 0.2) is 50.3 Å². The minimum Gasteiger partial charge on any atom is -0.385 e. The summed E-state index contributed by atoms with van der Waals surface area (Å²) in [6, 6.07) is 4.58. The number of likely N-dealkylation sites (tertiary alicyclic amines) is 1. The van der Waals surface area contributed by atoms with Crippen LogP contribution < -0.4 is 10.6 Å². The zero-order valence-electron chi connectivity index (χ0n) is 21.9. The van der Waals surface area contributed by atoms with Gasteiger partial charge in [0.1, 0.15) is 0 Å². The summed E-state index contributed by atoms with van der Waals surface area (Å²) in [5.41, 5.74) is 3.77. The third-order valence-corrected chi connectivity index (χ3v) is 7.16. The quantitative estimate of drug-likeness (QED) is 0.359. The number of nitrogens with zero attached hydrogens (tertiary/aromatic N) is 3. The highest BCUT2D eigenvalue weighted by atomic mass is 15.2. The molecule has 3 heterocycles. The Balaban J connectivity index is 0.000000447. The Kier molecular flexibility index (Phi) is 13.7. The van der Waals surface area contributed by atoms with Crippen LogP contribution in [0.4, 0.5) is 5.69 Å². The van der Waals surface area contributed by atoms with E-state index in [2.05, 4.69) is 58.7 Å². The predicted molar refractivity (Wildman–Crippen MR) is 149 cm³/mol. The molecule has 5 nitrogen and oxygen atoms in total. The van der Waals surface area contributed by atoms with E-state index in [1.54, 1.807) is 0 Å². The third-order valence-electron chi connectivity index (χ3n) is 7.16. The van der Waals surface area contributed by atoms with Crippen molar-refractivity contribution in [3.8, 4) is 0 Å². The third kappa shape index (κ3) is 9.27. The molecular formula is C29H49N5. The van der Waals surface area contributed by atoms with Crippen molar-refractivity contribution in [3.63, 3.8) is 0 Å². The molecule has 2 aliphatic rings. The smallest absolute Gasteiger partial charge is 0.0896 e. The van der Waals surface area contributed by atoms with Crippen LogP contribution in [0.25, 0.3) is 5.52 Å². The lowest BCUT2D eigenvalue weighted by Gasteiger charge is -2.28. The van der Waals surface area contributed by atoms with Crippen molar-refractivity contribution in [2.45, 2.75) is 64.2 Å². The fraction of sp³-hybridized carbons (Fsp3) is 0.621. The summed E-state index contributed by atoms with van der Waals surface area (Å²) in [4.78, 5) is 2.77. The Morgan fingerprint density at radius 3 is 2.47 bits per heavy atom. The Morgan fingerprint density at radius 2 is 1.79 bits per heavy atom. The number of rotatable bonds is 8. The maximum Gasteiger partial charge on any atom is 0.0896 e. The van der Waals surface area contributed by atoms with Crippen molar-refractivity contribution in [3.05, 3.63) is 55.9 Å². The molecule has 1 unspecified atom stereocenters. The highest BCUT2D eigenvalue weighted by Crippen LogP contribution is 2.28. The van der Waals surface area contributed by atoms with Gasteiger partial charge >= 0.3 is 0 Å². The van der Waals surface area contributed by atoms with Gasteiger partial charge in [-0.1, -0.05) is 25.3 Å². The van der Waals surface area contributed by atoms with Crippen molar-refractivity contribution in [2.24, 2.45) is 11.8 Å². The van der Waals surface area contributed by atoms with Gasteiger partial charge in [0.05, 0.1) is 17.4 Å². The molecular weight excluding hydrogens is 418 g/mol. The maximum absolute atomic E-state index is 4.41. The van der Waals surface area contributed by atoms with E-state index in [0.717, 1.165) is 30.5 Å². The summed E-state index contributed by atoms with van der Waals surface area (Å²) in [6.45, 7) is 14.6. The fourth-order valence-electron chi connectivity index (χ4n) is 5.27. The molecule has 1 aliphatic carbocycles. The highest BCUT2D eigenvalue weighted by molar-refractivity contribution is 5.71. The van der Waals surface area contributed by atoms with Gasteiger partial charge in [-0.05, 0) is 101 Å². The first kappa shape index (κ1) is 28.1. The summed E-state index contributed by atoms with van der Waals surface area (Å²) < 4.78 is 1.97. The normalized spacial score (nSPS) is 19.3. The maximum atomic E-state index is 4.41. The molecule has 1 saturated heterocycles. The van der Waals surface area contributed by atoms with Crippen LogP contribution >= 0.6 is 0 Å². The summed E-state index contributed by atoms with van der Waals surface area (Å²) in [5, 5.41) is 10.6. The van der Waals surface area contributed by atoms with Crippen molar-refractivity contribution in [2.75, 3.05) is 45.6 Å². The first-order valence-electron chi connectivity index (χ1n) is 13.3. The van der Waals surface area contributed by atoms with Crippen LogP contribution in [0.3, 0.4) is 0 Å². The fourth-order valence-corrected chi connectivity index (χ4v) is 5.27. The first-order valence-corrected chi connectivity index (χ1v) is 13.3. The molecule has 190 valence electrons. The van der Waals surface area contributed by atoms with Crippen LogP contribution in [-0.4, -0.2) is 54.8 Å². The van der Waals surface area contributed by atoms with E-state index in [-0.39, 0.29) is 0 Å². The van der Waals surface area contributed by atoms with Gasteiger partial charge in [-0.25, -0.2) is 4.52 Å². The average Bonchev–Trinajstić information content (AvgIpc) is 3.17. The highest BCUT2D eigenvalue weighted by Gasteiger charge is 2.21. The molecule has 1 aliphatic heterocycles. The number of hydrogen-bond acceptors (Lipinski definition) is 4. The summed E-state index contributed by atoms with van der Waals surface area (Å²) in [7, 11) is 3.90. The van der Waals surface area contributed by atoms with Gasteiger partial charge in [0.25, 0.3) is 0 Å². The van der Waals surface area contributed by atoms with E-state index >= 15 is 0 Å². The second kappa shape index (κ2) is 16.5. The van der Waals surface area contributed by atoms with Gasteiger partial charge in [-0.2, -0.15) is 5.10 Å². The first-order chi connectivity index (χ1) is 16.7. The monoisotopic (exact) mass is 467 g/mol. The van der Waals surface area contributed by atoms with E-state index in [1.807, 2.05) is 30.9 Å². The van der Waals surface area contributed by atoms with Gasteiger partial charge in [0, 0.05) is 19.8 Å². The van der Waals surface area contributed by atoms with Gasteiger partial charge < -0.3 is 15.5 Å². The molecule has 0 radical (unpaired) electrons. The summed E-state index contributed by atoms with van der Waals surface area (Å²) in [5.74, 6) is 1.80. The Morgan fingerprint density at radius 1 is 1.03 bits per heavy atom. The molecule has 34 heavy (non-hydrogen) atoms. The number of anilines is 1. The molecule has 2 aromatic rings. The minimum absolute atomic E-state index is 0.828. The Hall–Kier alpha value is -2.11. The van der Waals surface area contributed by atoms with E-state index in [9.17, 15) is 0 Å². The number of aromatic nitrogens is 2. The van der Waals surface area contributed by atoms with Crippen molar-refractivity contribution < 1.29 is 0 Å². The molecule has 4 rings (SSSR count). The number of fused-ring (bicyclic) bond motifs is 1. The topological polar surface area (TPSA) is 44.6 Å². The molecule has 0 amide bonds. The summed E-state index contributed by atoms with van der Waals surface area (Å²) in [6.07, 6.45) is 19.6. The van der Waals surface area contributed by atoms with E-state index < -0.39 is 0 Å². The predicted octanol–water partition coefficient (Wildman–Crippen LogP) is 6.19. The van der Waals surface area contributed by atoms with Gasteiger partial charge in [-0.15, -0.1) is 19.7 Å². The SMILES string of the molecule is C=C.C=CCCNC.CNc1cnn2ccc(CC3CCCN(CC4CCCCC4)CC3)cc12. The van der Waals surface area contributed by atoms with E-state index in [1.165, 1.54) is 88.5 Å². The molecule has 1 atom stereocenters. The lowest BCUT2D eigenvalue weighted by molar-refractivity contribution is 0.204. The molecule has 2 N–H and O–H groups in total. The van der Waals surface area contributed by atoms with Crippen LogP contribution in [0.1, 0.15) is 63.4 Å². The minimum atomic E-state index is 0.828. The van der Waals surface area contributed by atoms with Crippen LogP contribution in [0.5, 0.6) is 0 Å². The number of hydrogen-bond donors (Lipinski definition) is 2. The lowest BCUT2D eigenvalue weighted by Crippen LogP contribution is -2.31. The molecule has 5 heteroatoms. The van der Waals surface area contributed by atoms with Crippen molar-refractivity contribution in [1.82, 2.24) is 19.8 Å².